The van der Waals surface area contributed by atoms with Crippen LogP contribution in [-0.2, 0) is 6.54 Å². The molecule has 1 aliphatic rings. The van der Waals surface area contributed by atoms with Gasteiger partial charge in [0.05, 0.1) is 35.5 Å². The van der Waals surface area contributed by atoms with Crippen molar-refractivity contribution in [2.75, 3.05) is 18.5 Å². The van der Waals surface area contributed by atoms with E-state index in [9.17, 15) is 9.90 Å². The number of rotatable bonds is 8. The monoisotopic (exact) mass is 389 g/mol. The van der Waals surface area contributed by atoms with Gasteiger partial charge in [-0.05, 0) is 32.6 Å². The number of nitrogens with zero attached hydrogens (tertiary/aromatic N) is 3. The average Bonchev–Trinajstić information content (AvgIpc) is 3.16. The highest BCUT2D eigenvalue weighted by Crippen LogP contribution is 2.31. The van der Waals surface area contributed by atoms with Crippen molar-refractivity contribution in [2.24, 2.45) is 5.92 Å². The van der Waals surface area contributed by atoms with Gasteiger partial charge in [0.2, 0.25) is 0 Å². The molecule has 8 nitrogen and oxygen atoms in total. The summed E-state index contributed by atoms with van der Waals surface area (Å²) in [6, 6.07) is 0.227. The quantitative estimate of drug-likeness (QED) is 0.549. The van der Waals surface area contributed by atoms with Crippen molar-refractivity contribution in [3.63, 3.8) is 0 Å². The lowest BCUT2D eigenvalue weighted by Gasteiger charge is -2.29. The zero-order valence-electron chi connectivity index (χ0n) is 16.7. The summed E-state index contributed by atoms with van der Waals surface area (Å²) in [5, 5.41) is 30.0. The van der Waals surface area contributed by atoms with Gasteiger partial charge in [0, 0.05) is 25.3 Å². The second-order valence-corrected chi connectivity index (χ2v) is 7.62. The fraction of sp³-hybridized carbons (Fsp3) is 0.650. The highest BCUT2D eigenvalue weighted by Gasteiger charge is 2.24. The first-order chi connectivity index (χ1) is 13.5. The van der Waals surface area contributed by atoms with Crippen LogP contribution in [0.25, 0.3) is 11.0 Å². The second kappa shape index (κ2) is 9.34. The van der Waals surface area contributed by atoms with E-state index in [1.807, 2.05) is 11.6 Å². The van der Waals surface area contributed by atoms with Crippen LogP contribution in [0.5, 0.6) is 0 Å². The topological polar surface area (TPSA) is 112 Å². The van der Waals surface area contributed by atoms with Crippen molar-refractivity contribution in [3.8, 4) is 0 Å². The molecule has 1 fully saturated rings. The standard InChI is InChI=1S/C20H31N5O3/c1-3-25-19-16(11-23-25)18(24-13(2)14-7-5-4-6-8-14)17(10-21-19)20(28)22-9-15(27)12-26/h10-11,13-15,26-27H,3-9,12H2,1-2H3,(H,21,24)(H,22,28). The number of anilines is 1. The molecule has 1 aliphatic carbocycles. The third kappa shape index (κ3) is 4.44. The molecule has 0 spiro atoms. The Kier molecular flexibility index (Phi) is 6.85. The fourth-order valence-corrected chi connectivity index (χ4v) is 3.94. The summed E-state index contributed by atoms with van der Waals surface area (Å²) < 4.78 is 1.81. The summed E-state index contributed by atoms with van der Waals surface area (Å²) in [7, 11) is 0. The molecule has 2 aromatic heterocycles. The second-order valence-electron chi connectivity index (χ2n) is 7.62. The van der Waals surface area contributed by atoms with Crippen LogP contribution in [0, 0.1) is 5.92 Å². The van der Waals surface area contributed by atoms with Gasteiger partial charge in [0.15, 0.2) is 5.65 Å². The van der Waals surface area contributed by atoms with Crippen LogP contribution in [0.3, 0.4) is 0 Å². The largest absolute Gasteiger partial charge is 0.394 e. The summed E-state index contributed by atoms with van der Waals surface area (Å²) in [6.07, 6.45) is 8.52. The summed E-state index contributed by atoms with van der Waals surface area (Å²) in [5.74, 6) is 0.245. The van der Waals surface area contributed by atoms with Gasteiger partial charge in [-0.3, -0.25) is 4.79 Å². The molecule has 0 bridgehead atoms. The maximum absolute atomic E-state index is 12.8. The SMILES string of the molecule is CCn1ncc2c(NC(C)C3CCCCC3)c(C(=O)NCC(O)CO)cnc21. The van der Waals surface area contributed by atoms with E-state index in [0.717, 1.165) is 16.7 Å². The molecule has 28 heavy (non-hydrogen) atoms. The van der Waals surface area contributed by atoms with E-state index >= 15 is 0 Å². The Morgan fingerprint density at radius 1 is 1.32 bits per heavy atom. The van der Waals surface area contributed by atoms with E-state index < -0.39 is 12.7 Å². The Hall–Kier alpha value is -2.19. The number of aliphatic hydroxyl groups excluding tert-OH is 2. The van der Waals surface area contributed by atoms with Crippen LogP contribution >= 0.6 is 0 Å². The Morgan fingerprint density at radius 3 is 2.75 bits per heavy atom. The number of hydrogen-bond acceptors (Lipinski definition) is 6. The number of aryl methyl sites for hydroxylation is 1. The van der Waals surface area contributed by atoms with Crippen molar-refractivity contribution in [1.29, 1.82) is 0 Å². The predicted octanol–water partition coefficient (Wildman–Crippen LogP) is 1.91. The van der Waals surface area contributed by atoms with E-state index in [1.54, 1.807) is 12.4 Å². The maximum Gasteiger partial charge on any atom is 0.255 e. The molecule has 4 N–H and O–H groups in total. The molecule has 2 heterocycles. The van der Waals surface area contributed by atoms with Gasteiger partial charge in [-0.15, -0.1) is 0 Å². The van der Waals surface area contributed by atoms with Crippen molar-refractivity contribution in [3.05, 3.63) is 18.0 Å². The highest BCUT2D eigenvalue weighted by atomic mass is 16.3. The van der Waals surface area contributed by atoms with Gasteiger partial charge >= 0.3 is 0 Å². The minimum absolute atomic E-state index is 0.0147. The third-order valence-electron chi connectivity index (χ3n) is 5.65. The molecule has 2 atom stereocenters. The summed E-state index contributed by atoms with van der Waals surface area (Å²) in [5.41, 5.74) is 1.91. The van der Waals surface area contributed by atoms with Crippen LogP contribution in [0.2, 0.25) is 0 Å². The maximum atomic E-state index is 12.8. The Balaban J connectivity index is 1.91. The number of aromatic nitrogens is 3. The van der Waals surface area contributed by atoms with Gasteiger partial charge in [0.25, 0.3) is 5.91 Å². The van der Waals surface area contributed by atoms with Crippen LogP contribution in [0.15, 0.2) is 12.4 Å². The van der Waals surface area contributed by atoms with Crippen LogP contribution < -0.4 is 10.6 Å². The summed E-state index contributed by atoms with van der Waals surface area (Å²) in [4.78, 5) is 17.2. The highest BCUT2D eigenvalue weighted by molar-refractivity contribution is 6.06. The summed E-state index contributed by atoms with van der Waals surface area (Å²) >= 11 is 0. The molecule has 1 amide bonds. The predicted molar refractivity (Wildman–Crippen MR) is 108 cm³/mol. The molecule has 0 aromatic carbocycles. The number of carbonyl (C=O) groups excluding carboxylic acids is 1. The minimum atomic E-state index is -0.985. The van der Waals surface area contributed by atoms with Crippen molar-refractivity contribution in [1.82, 2.24) is 20.1 Å². The van der Waals surface area contributed by atoms with E-state index in [4.69, 9.17) is 5.11 Å². The molecular weight excluding hydrogens is 358 g/mol. The molecule has 2 aromatic rings. The van der Waals surface area contributed by atoms with Gasteiger partial charge in [-0.2, -0.15) is 5.10 Å². The molecule has 1 saturated carbocycles. The lowest BCUT2D eigenvalue weighted by molar-refractivity contribution is 0.0802. The number of hydrogen-bond donors (Lipinski definition) is 4. The Labute approximate surface area is 165 Å². The molecule has 0 aliphatic heterocycles. The zero-order chi connectivity index (χ0) is 20.1. The number of nitrogens with one attached hydrogen (secondary N) is 2. The Morgan fingerprint density at radius 2 is 2.07 bits per heavy atom. The summed E-state index contributed by atoms with van der Waals surface area (Å²) in [6.45, 7) is 4.46. The molecule has 154 valence electrons. The van der Waals surface area contributed by atoms with E-state index in [-0.39, 0.29) is 18.5 Å². The lowest BCUT2D eigenvalue weighted by Crippen LogP contribution is -2.35. The first-order valence-electron chi connectivity index (χ1n) is 10.2. The lowest BCUT2D eigenvalue weighted by atomic mass is 9.84. The van der Waals surface area contributed by atoms with Gasteiger partial charge in [0.1, 0.15) is 0 Å². The zero-order valence-corrected chi connectivity index (χ0v) is 16.7. The number of carbonyl (C=O) groups is 1. The first-order valence-corrected chi connectivity index (χ1v) is 10.2. The number of amides is 1. The fourth-order valence-electron chi connectivity index (χ4n) is 3.94. The number of pyridine rings is 1. The van der Waals surface area contributed by atoms with Crippen molar-refractivity contribution < 1.29 is 15.0 Å². The van der Waals surface area contributed by atoms with Crippen LogP contribution in [0.1, 0.15) is 56.3 Å². The van der Waals surface area contributed by atoms with E-state index in [0.29, 0.717) is 18.0 Å². The normalized spacial score (nSPS) is 17.4. The van der Waals surface area contributed by atoms with Crippen LogP contribution in [-0.4, -0.2) is 56.2 Å². The molecule has 8 heteroatoms. The number of aliphatic hydroxyl groups is 2. The smallest absolute Gasteiger partial charge is 0.255 e. The molecular formula is C20H31N5O3. The van der Waals surface area contributed by atoms with Gasteiger partial charge < -0.3 is 20.8 Å². The van der Waals surface area contributed by atoms with E-state index in [1.165, 1.54) is 32.1 Å². The van der Waals surface area contributed by atoms with Gasteiger partial charge in [-0.25, -0.2) is 9.67 Å². The molecule has 2 unspecified atom stereocenters. The molecule has 0 saturated heterocycles. The first kappa shape index (κ1) is 20.5. The van der Waals surface area contributed by atoms with Crippen molar-refractivity contribution >= 4 is 22.6 Å². The molecule has 0 radical (unpaired) electrons. The average molecular weight is 390 g/mol. The third-order valence-corrected chi connectivity index (χ3v) is 5.65. The molecule has 3 rings (SSSR count). The van der Waals surface area contributed by atoms with Crippen molar-refractivity contribution in [2.45, 2.75) is 64.6 Å². The minimum Gasteiger partial charge on any atom is -0.394 e. The number of fused-ring (bicyclic) bond motifs is 1. The van der Waals surface area contributed by atoms with Crippen LogP contribution in [0.4, 0.5) is 5.69 Å². The van der Waals surface area contributed by atoms with Gasteiger partial charge in [-0.1, -0.05) is 19.3 Å². The van der Waals surface area contributed by atoms with E-state index in [2.05, 4.69) is 27.6 Å². The Bertz CT molecular complexity index is 800.